The van der Waals surface area contributed by atoms with Crippen LogP contribution < -0.4 is 5.56 Å². The number of benzene rings is 2. The molecule has 0 bridgehead atoms. The summed E-state index contributed by atoms with van der Waals surface area (Å²) in [6.07, 6.45) is 0.957. The summed E-state index contributed by atoms with van der Waals surface area (Å²) in [5, 5.41) is 9.54. The van der Waals surface area contributed by atoms with Crippen molar-refractivity contribution in [1.82, 2.24) is 4.57 Å². The molecule has 0 saturated carbocycles. The quantitative estimate of drug-likeness (QED) is 0.738. The Morgan fingerprint density at radius 2 is 1.57 bits per heavy atom. The monoisotopic (exact) mass is 319 g/mol. The lowest BCUT2D eigenvalue weighted by molar-refractivity contribution is 0.0698. The van der Waals surface area contributed by atoms with E-state index in [0.717, 1.165) is 10.8 Å². The maximum Gasteiger partial charge on any atom is 0.337 e. The largest absolute Gasteiger partial charge is 0.478 e. The molecule has 4 nitrogen and oxygen atoms in total. The Morgan fingerprint density at radius 1 is 1.00 bits per heavy atom. The molecule has 0 aliphatic rings. The Labute approximate surface area is 127 Å². The van der Waals surface area contributed by atoms with Crippen LogP contribution in [0.3, 0.4) is 0 Å². The number of pyridine rings is 1. The van der Waals surface area contributed by atoms with Crippen LogP contribution >= 0.6 is 0 Å². The fourth-order valence-corrected chi connectivity index (χ4v) is 2.33. The second-order valence-corrected chi connectivity index (χ2v) is 4.79. The van der Waals surface area contributed by atoms with E-state index in [0.29, 0.717) is 12.1 Å². The molecule has 1 N–H and O–H groups in total. The van der Waals surface area contributed by atoms with Crippen LogP contribution in [0.4, 0.5) is 13.2 Å². The third-order valence-electron chi connectivity index (χ3n) is 3.40. The second-order valence-electron chi connectivity index (χ2n) is 4.79. The highest BCUT2D eigenvalue weighted by atomic mass is 19.2. The number of carboxylic acid groups (broad SMARTS) is 1. The Bertz CT molecular complexity index is 988. The van der Waals surface area contributed by atoms with Gasteiger partial charge in [-0.15, -0.1) is 0 Å². The van der Waals surface area contributed by atoms with Crippen LogP contribution in [0.2, 0.25) is 0 Å². The van der Waals surface area contributed by atoms with Gasteiger partial charge < -0.3 is 5.11 Å². The van der Waals surface area contributed by atoms with Crippen LogP contribution in [0, 0.1) is 17.5 Å². The van der Waals surface area contributed by atoms with Crippen LogP contribution in [0.25, 0.3) is 16.5 Å². The average molecular weight is 319 g/mol. The molecule has 2 aromatic carbocycles. The molecule has 3 aromatic rings. The van der Waals surface area contributed by atoms with E-state index in [1.54, 1.807) is 6.07 Å². The highest BCUT2D eigenvalue weighted by Gasteiger charge is 2.17. The summed E-state index contributed by atoms with van der Waals surface area (Å²) in [7, 11) is 0. The van der Waals surface area contributed by atoms with Crippen molar-refractivity contribution in [1.29, 1.82) is 0 Å². The minimum Gasteiger partial charge on any atom is -0.478 e. The number of hydrogen-bond acceptors (Lipinski definition) is 2. The highest BCUT2D eigenvalue weighted by molar-refractivity contribution is 6.03. The Hall–Kier alpha value is -3.09. The zero-order valence-corrected chi connectivity index (χ0v) is 11.4. The molecule has 0 atom stereocenters. The highest BCUT2D eigenvalue weighted by Crippen LogP contribution is 2.20. The molecule has 23 heavy (non-hydrogen) atoms. The van der Waals surface area contributed by atoms with Crippen molar-refractivity contribution in [3.8, 4) is 5.69 Å². The predicted octanol–water partition coefficient (Wildman–Crippen LogP) is 3.11. The van der Waals surface area contributed by atoms with Gasteiger partial charge in [-0.05, 0) is 6.07 Å². The topological polar surface area (TPSA) is 59.3 Å². The molecule has 7 heteroatoms. The Morgan fingerprint density at radius 3 is 2.13 bits per heavy atom. The standard InChI is InChI=1S/C16H8F3NO3/c17-12-5-8(6-13(18)14(12)19)20-7-11(16(22)23)9-3-1-2-4-10(9)15(20)21/h1-7H,(H,22,23). The van der Waals surface area contributed by atoms with Gasteiger partial charge in [0.25, 0.3) is 5.56 Å². The number of rotatable bonds is 2. The van der Waals surface area contributed by atoms with E-state index < -0.39 is 29.0 Å². The Kier molecular flexibility index (Phi) is 3.40. The maximum absolute atomic E-state index is 13.4. The van der Waals surface area contributed by atoms with Gasteiger partial charge in [0.15, 0.2) is 17.5 Å². The van der Waals surface area contributed by atoms with E-state index >= 15 is 0 Å². The molecular formula is C16H8F3NO3. The first kappa shape index (κ1) is 14.8. The van der Waals surface area contributed by atoms with Crippen molar-refractivity contribution in [3.63, 3.8) is 0 Å². The predicted molar refractivity (Wildman–Crippen MR) is 76.4 cm³/mol. The second kappa shape index (κ2) is 5.28. The van der Waals surface area contributed by atoms with Gasteiger partial charge in [-0.1, -0.05) is 18.2 Å². The van der Waals surface area contributed by atoms with Crippen LogP contribution in [-0.2, 0) is 0 Å². The molecule has 0 fully saturated rings. The van der Waals surface area contributed by atoms with Crippen molar-refractivity contribution in [2.75, 3.05) is 0 Å². The number of halogens is 3. The van der Waals surface area contributed by atoms with E-state index in [-0.39, 0.29) is 22.0 Å². The fraction of sp³-hybridized carbons (Fsp3) is 0. The minimum atomic E-state index is -1.67. The molecule has 0 spiro atoms. The van der Waals surface area contributed by atoms with Gasteiger partial charge in [0.1, 0.15) is 0 Å². The SMILES string of the molecule is O=C(O)c1cn(-c2cc(F)c(F)c(F)c2)c(=O)c2ccccc12. The first-order valence-electron chi connectivity index (χ1n) is 6.42. The summed E-state index contributed by atoms with van der Waals surface area (Å²) < 4.78 is 40.6. The first-order valence-corrected chi connectivity index (χ1v) is 6.42. The molecule has 1 aromatic heterocycles. The van der Waals surface area contributed by atoms with E-state index in [1.807, 2.05) is 0 Å². The molecule has 116 valence electrons. The summed E-state index contributed by atoms with van der Waals surface area (Å²) in [5.74, 6) is -5.92. The third-order valence-corrected chi connectivity index (χ3v) is 3.40. The van der Waals surface area contributed by atoms with E-state index in [1.165, 1.54) is 18.2 Å². The lowest BCUT2D eigenvalue weighted by atomic mass is 10.1. The average Bonchev–Trinajstić information content (AvgIpc) is 2.52. The summed E-state index contributed by atoms with van der Waals surface area (Å²) in [6, 6.07) is 7.20. The van der Waals surface area contributed by atoms with Gasteiger partial charge in [-0.25, -0.2) is 18.0 Å². The molecule has 3 rings (SSSR count). The van der Waals surface area contributed by atoms with Crippen molar-refractivity contribution in [2.24, 2.45) is 0 Å². The number of nitrogens with zero attached hydrogens (tertiary/aromatic N) is 1. The van der Waals surface area contributed by atoms with Crippen molar-refractivity contribution in [2.45, 2.75) is 0 Å². The molecule has 1 heterocycles. The van der Waals surface area contributed by atoms with E-state index in [2.05, 4.69) is 0 Å². The minimum absolute atomic E-state index is 0.0672. The summed E-state index contributed by atoms with van der Waals surface area (Å²) >= 11 is 0. The normalized spacial score (nSPS) is 10.9. The van der Waals surface area contributed by atoms with Crippen molar-refractivity contribution < 1.29 is 23.1 Å². The smallest absolute Gasteiger partial charge is 0.337 e. The van der Waals surface area contributed by atoms with Gasteiger partial charge in [0, 0.05) is 29.1 Å². The molecule has 0 amide bonds. The van der Waals surface area contributed by atoms with Gasteiger partial charge in [-0.2, -0.15) is 0 Å². The zero-order chi connectivity index (χ0) is 16.7. The van der Waals surface area contributed by atoms with Crippen LogP contribution in [-0.4, -0.2) is 15.6 Å². The summed E-state index contributed by atoms with van der Waals surface area (Å²) in [4.78, 5) is 23.8. The molecule has 0 saturated heterocycles. The van der Waals surface area contributed by atoms with E-state index in [4.69, 9.17) is 0 Å². The van der Waals surface area contributed by atoms with E-state index in [9.17, 15) is 27.9 Å². The molecule has 0 radical (unpaired) electrons. The number of carboxylic acids is 1. The molecule has 0 aliphatic carbocycles. The van der Waals surface area contributed by atoms with Gasteiger partial charge in [0.2, 0.25) is 0 Å². The number of fused-ring (bicyclic) bond motifs is 1. The van der Waals surface area contributed by atoms with Crippen LogP contribution in [0.5, 0.6) is 0 Å². The summed E-state index contributed by atoms with van der Waals surface area (Å²) in [6.45, 7) is 0. The van der Waals surface area contributed by atoms with Crippen LogP contribution in [0.15, 0.2) is 47.4 Å². The third kappa shape index (κ3) is 2.36. The summed E-state index contributed by atoms with van der Waals surface area (Å²) in [5.41, 5.74) is -1.19. The molecular weight excluding hydrogens is 311 g/mol. The lowest BCUT2D eigenvalue weighted by Gasteiger charge is -2.11. The fourth-order valence-electron chi connectivity index (χ4n) is 2.33. The molecule has 0 unspecified atom stereocenters. The first-order chi connectivity index (χ1) is 10.9. The van der Waals surface area contributed by atoms with Gasteiger partial charge in [0.05, 0.1) is 11.3 Å². The van der Waals surface area contributed by atoms with Gasteiger partial charge in [-0.3, -0.25) is 9.36 Å². The number of aromatic carboxylic acids is 1. The van der Waals surface area contributed by atoms with Crippen molar-refractivity contribution >= 4 is 16.7 Å². The molecule has 0 aliphatic heterocycles. The van der Waals surface area contributed by atoms with Crippen LogP contribution in [0.1, 0.15) is 10.4 Å². The Balaban J connectivity index is 2.41. The van der Waals surface area contributed by atoms with Gasteiger partial charge >= 0.3 is 5.97 Å². The van der Waals surface area contributed by atoms with Crippen molar-refractivity contribution in [3.05, 3.63) is 76.0 Å². The zero-order valence-electron chi connectivity index (χ0n) is 11.4. The number of hydrogen-bond donors (Lipinski definition) is 1. The number of carbonyl (C=O) groups is 1. The number of aromatic nitrogens is 1. The maximum atomic E-state index is 13.4. The lowest BCUT2D eigenvalue weighted by Crippen LogP contribution is -2.21.